The summed E-state index contributed by atoms with van der Waals surface area (Å²) in [5.74, 6) is 1.23. The van der Waals surface area contributed by atoms with E-state index in [4.69, 9.17) is 9.15 Å². The maximum Gasteiger partial charge on any atom is 0.307 e. The molecule has 0 aliphatic carbocycles. The van der Waals surface area contributed by atoms with Crippen molar-refractivity contribution in [1.29, 1.82) is 0 Å². The second-order valence-corrected chi connectivity index (χ2v) is 7.25. The molecular formula is C24H25N3O3. The Labute approximate surface area is 176 Å². The zero-order chi connectivity index (χ0) is 20.6. The Hall–Kier alpha value is -3.38. The van der Waals surface area contributed by atoms with Crippen LogP contribution in [0.3, 0.4) is 0 Å². The molecule has 0 atom stereocenters. The third-order valence-electron chi connectivity index (χ3n) is 5.01. The van der Waals surface area contributed by atoms with Gasteiger partial charge in [-0.25, -0.2) is 5.43 Å². The zero-order valence-corrected chi connectivity index (χ0v) is 16.8. The minimum atomic E-state index is -0.347. The summed E-state index contributed by atoms with van der Waals surface area (Å²) in [6, 6.07) is 23.3. The number of para-hydroxylation sites is 1. The summed E-state index contributed by atoms with van der Waals surface area (Å²) < 4.78 is 11.2. The average Bonchev–Trinajstić information content (AvgIpc) is 3.28. The third kappa shape index (κ3) is 5.58. The zero-order valence-electron chi connectivity index (χ0n) is 16.8. The molecule has 2 aromatic carbocycles. The minimum absolute atomic E-state index is 0.229. The van der Waals surface area contributed by atoms with Crippen LogP contribution in [0.2, 0.25) is 0 Å². The molecule has 0 spiro atoms. The molecule has 1 fully saturated rings. The molecule has 1 saturated heterocycles. The van der Waals surface area contributed by atoms with Crippen LogP contribution in [-0.2, 0) is 13.2 Å². The fourth-order valence-corrected chi connectivity index (χ4v) is 3.36. The molecule has 1 aliphatic rings. The number of hydrogen-bond acceptors (Lipinski definition) is 5. The van der Waals surface area contributed by atoms with Crippen molar-refractivity contribution in [2.75, 3.05) is 13.1 Å². The predicted molar refractivity (Wildman–Crippen MR) is 115 cm³/mol. The fourth-order valence-electron chi connectivity index (χ4n) is 3.36. The second kappa shape index (κ2) is 9.89. The average molecular weight is 403 g/mol. The highest BCUT2D eigenvalue weighted by molar-refractivity contribution is 5.93. The van der Waals surface area contributed by atoms with Crippen LogP contribution in [0, 0.1) is 0 Å². The molecule has 0 radical (unpaired) electrons. The molecule has 3 aromatic rings. The standard InChI is InChI=1S/C24H25N3O3/c28-24(23-12-11-22(30-23)18-29-21-9-5-2-6-10-21)26-25-20-13-15-27(16-14-20)17-19-7-3-1-4-8-19/h1-12H,13-18H2,(H,26,28). The van der Waals surface area contributed by atoms with Crippen LogP contribution in [0.1, 0.15) is 34.7 Å². The van der Waals surface area contributed by atoms with Gasteiger partial charge in [0.25, 0.3) is 0 Å². The number of furan rings is 1. The lowest BCUT2D eigenvalue weighted by Gasteiger charge is -2.27. The molecule has 0 saturated carbocycles. The number of nitrogens with zero attached hydrogens (tertiary/aromatic N) is 2. The highest BCUT2D eigenvalue weighted by Gasteiger charge is 2.16. The van der Waals surface area contributed by atoms with Crippen molar-refractivity contribution in [1.82, 2.24) is 10.3 Å². The van der Waals surface area contributed by atoms with E-state index < -0.39 is 0 Å². The van der Waals surface area contributed by atoms with Crippen LogP contribution in [0.15, 0.2) is 82.3 Å². The number of ether oxygens (including phenoxy) is 1. The predicted octanol–water partition coefficient (Wildman–Crippen LogP) is 4.24. The first-order valence-electron chi connectivity index (χ1n) is 10.1. The molecule has 6 heteroatoms. The maximum absolute atomic E-state index is 12.3. The van der Waals surface area contributed by atoms with Crippen molar-refractivity contribution < 1.29 is 13.9 Å². The molecule has 4 rings (SSSR count). The maximum atomic E-state index is 12.3. The SMILES string of the molecule is O=C(NN=C1CCN(Cc2ccccc2)CC1)c1ccc(COc2ccccc2)o1. The van der Waals surface area contributed by atoms with E-state index in [-0.39, 0.29) is 18.3 Å². The number of piperidine rings is 1. The fraction of sp³-hybridized carbons (Fsp3) is 0.250. The summed E-state index contributed by atoms with van der Waals surface area (Å²) in [4.78, 5) is 14.7. The van der Waals surface area contributed by atoms with Crippen molar-refractivity contribution >= 4 is 11.6 Å². The Kier molecular flexibility index (Phi) is 6.57. The molecule has 0 bridgehead atoms. The van der Waals surface area contributed by atoms with E-state index in [1.54, 1.807) is 12.1 Å². The van der Waals surface area contributed by atoms with Crippen molar-refractivity contribution in [3.05, 3.63) is 89.9 Å². The molecule has 154 valence electrons. The van der Waals surface area contributed by atoms with E-state index >= 15 is 0 Å². The summed E-state index contributed by atoms with van der Waals surface area (Å²) in [5.41, 5.74) is 4.94. The number of amides is 1. The summed E-state index contributed by atoms with van der Waals surface area (Å²) in [7, 11) is 0. The number of rotatable bonds is 7. The quantitative estimate of drug-likeness (QED) is 0.599. The molecule has 6 nitrogen and oxygen atoms in total. The lowest BCUT2D eigenvalue weighted by molar-refractivity contribution is 0.0922. The topological polar surface area (TPSA) is 67.1 Å². The van der Waals surface area contributed by atoms with Crippen LogP contribution in [0.4, 0.5) is 0 Å². The molecule has 1 aliphatic heterocycles. The molecule has 1 N–H and O–H groups in total. The number of nitrogens with one attached hydrogen (secondary N) is 1. The van der Waals surface area contributed by atoms with E-state index in [2.05, 4.69) is 39.7 Å². The van der Waals surface area contributed by atoms with Gasteiger partial charge >= 0.3 is 5.91 Å². The second-order valence-electron chi connectivity index (χ2n) is 7.25. The van der Waals surface area contributed by atoms with Gasteiger partial charge in [-0.1, -0.05) is 48.5 Å². The summed E-state index contributed by atoms with van der Waals surface area (Å²) >= 11 is 0. The Bertz CT molecular complexity index is 973. The van der Waals surface area contributed by atoms with Gasteiger partial charge in [-0.15, -0.1) is 0 Å². The van der Waals surface area contributed by atoms with Crippen LogP contribution in [-0.4, -0.2) is 29.6 Å². The van der Waals surface area contributed by atoms with Gasteiger partial charge in [-0.3, -0.25) is 9.69 Å². The Balaban J connectivity index is 1.23. The van der Waals surface area contributed by atoms with E-state index in [1.165, 1.54) is 5.56 Å². The van der Waals surface area contributed by atoms with E-state index in [0.717, 1.165) is 43.9 Å². The largest absolute Gasteiger partial charge is 0.486 e. The first-order valence-corrected chi connectivity index (χ1v) is 10.1. The van der Waals surface area contributed by atoms with Crippen molar-refractivity contribution in [2.45, 2.75) is 26.0 Å². The van der Waals surface area contributed by atoms with Gasteiger partial charge in [0.15, 0.2) is 5.76 Å². The Morgan fingerprint density at radius 2 is 1.67 bits per heavy atom. The van der Waals surface area contributed by atoms with Crippen LogP contribution in [0.5, 0.6) is 5.75 Å². The number of benzene rings is 2. The molecule has 1 aromatic heterocycles. The normalized spacial score (nSPS) is 14.3. The third-order valence-corrected chi connectivity index (χ3v) is 5.01. The molecule has 1 amide bonds. The number of hydrogen-bond donors (Lipinski definition) is 1. The van der Waals surface area contributed by atoms with E-state index in [9.17, 15) is 4.79 Å². The van der Waals surface area contributed by atoms with Gasteiger partial charge in [0.1, 0.15) is 18.1 Å². The molecule has 2 heterocycles. The van der Waals surface area contributed by atoms with Gasteiger partial charge in [0.2, 0.25) is 0 Å². The van der Waals surface area contributed by atoms with E-state index in [0.29, 0.717) is 5.76 Å². The number of likely N-dealkylation sites (tertiary alicyclic amines) is 1. The molecular weight excluding hydrogens is 378 g/mol. The smallest absolute Gasteiger partial charge is 0.307 e. The van der Waals surface area contributed by atoms with Gasteiger partial charge in [-0.05, 0) is 29.8 Å². The number of carbonyl (C=O) groups excluding carboxylic acids is 1. The van der Waals surface area contributed by atoms with Crippen LogP contribution < -0.4 is 10.2 Å². The summed E-state index contributed by atoms with van der Waals surface area (Å²) in [5, 5.41) is 4.30. The summed E-state index contributed by atoms with van der Waals surface area (Å²) in [6.45, 7) is 3.08. The highest BCUT2D eigenvalue weighted by Crippen LogP contribution is 2.15. The lowest BCUT2D eigenvalue weighted by Crippen LogP contribution is -2.34. The number of hydrazone groups is 1. The van der Waals surface area contributed by atoms with E-state index in [1.807, 2.05) is 36.4 Å². The molecule has 0 unspecified atom stereocenters. The highest BCUT2D eigenvalue weighted by atomic mass is 16.5. The van der Waals surface area contributed by atoms with Crippen LogP contribution >= 0.6 is 0 Å². The van der Waals surface area contributed by atoms with Crippen LogP contribution in [0.25, 0.3) is 0 Å². The Morgan fingerprint density at radius 1 is 0.967 bits per heavy atom. The van der Waals surface area contributed by atoms with Gasteiger partial charge in [0.05, 0.1) is 0 Å². The molecule has 30 heavy (non-hydrogen) atoms. The lowest BCUT2D eigenvalue weighted by atomic mass is 10.1. The van der Waals surface area contributed by atoms with Crippen molar-refractivity contribution in [3.8, 4) is 5.75 Å². The first-order chi connectivity index (χ1) is 14.8. The van der Waals surface area contributed by atoms with Crippen molar-refractivity contribution in [2.24, 2.45) is 5.10 Å². The number of carbonyl (C=O) groups is 1. The summed E-state index contributed by atoms with van der Waals surface area (Å²) in [6.07, 6.45) is 1.70. The van der Waals surface area contributed by atoms with Gasteiger partial charge < -0.3 is 9.15 Å². The Morgan fingerprint density at radius 3 is 2.40 bits per heavy atom. The first kappa shape index (κ1) is 19.9. The van der Waals surface area contributed by atoms with Gasteiger partial charge in [0, 0.05) is 38.2 Å². The van der Waals surface area contributed by atoms with Crippen molar-refractivity contribution in [3.63, 3.8) is 0 Å². The monoisotopic (exact) mass is 403 g/mol. The van der Waals surface area contributed by atoms with Gasteiger partial charge in [-0.2, -0.15) is 5.10 Å². The minimum Gasteiger partial charge on any atom is -0.486 e.